The Hall–Kier alpha value is -3.33. The molecule has 2 N–H and O–H groups in total. The molecule has 0 radical (unpaired) electrons. The second-order valence-electron chi connectivity index (χ2n) is 6.39. The molecule has 1 unspecified atom stereocenters. The number of hydrogen-bond donors (Lipinski definition) is 2. The number of nitrogens with one attached hydrogen (secondary N) is 2. The van der Waals surface area contributed by atoms with Crippen molar-refractivity contribution in [1.82, 2.24) is 19.9 Å². The van der Waals surface area contributed by atoms with Gasteiger partial charge in [-0.05, 0) is 29.8 Å². The van der Waals surface area contributed by atoms with Crippen molar-refractivity contribution in [1.29, 1.82) is 0 Å². The van der Waals surface area contributed by atoms with Crippen molar-refractivity contribution in [2.75, 3.05) is 5.32 Å². The zero-order valence-electron chi connectivity index (χ0n) is 15.3. The predicted octanol–water partition coefficient (Wildman–Crippen LogP) is 5.19. The Kier molecular flexibility index (Phi) is 5.45. The highest BCUT2D eigenvalue weighted by molar-refractivity contribution is 6.23. The Balaban J connectivity index is 1.39. The third-order valence-electron chi connectivity index (χ3n) is 4.33. The maximum absolute atomic E-state index is 12.2. The average Bonchev–Trinajstić information content (AvgIpc) is 3.16. The molecule has 3 heterocycles. The topological polar surface area (TPSA) is 75.7 Å². The largest absolute Gasteiger partial charge is 0.573 e. The molecule has 0 bridgehead atoms. The van der Waals surface area contributed by atoms with Gasteiger partial charge in [0.2, 0.25) is 5.95 Å². The van der Waals surface area contributed by atoms with E-state index in [9.17, 15) is 13.2 Å². The summed E-state index contributed by atoms with van der Waals surface area (Å²) in [5.74, 6) is 0.103. The number of aromatic nitrogens is 4. The quantitative estimate of drug-likeness (QED) is 0.409. The van der Waals surface area contributed by atoms with Crippen molar-refractivity contribution < 1.29 is 17.9 Å². The first-order valence-electron chi connectivity index (χ1n) is 8.85. The van der Waals surface area contributed by atoms with E-state index in [1.54, 1.807) is 18.6 Å². The van der Waals surface area contributed by atoms with E-state index < -0.39 is 11.7 Å². The minimum absolute atomic E-state index is 0.271. The lowest BCUT2D eigenvalue weighted by atomic mass is 10.1. The van der Waals surface area contributed by atoms with Gasteiger partial charge in [0, 0.05) is 47.8 Å². The number of fused-ring (bicyclic) bond motifs is 1. The van der Waals surface area contributed by atoms with Crippen LogP contribution in [0.4, 0.5) is 19.1 Å². The van der Waals surface area contributed by atoms with Crippen LogP contribution in [0.5, 0.6) is 5.75 Å². The Labute approximate surface area is 174 Å². The zero-order chi connectivity index (χ0) is 21.1. The Morgan fingerprint density at radius 1 is 1.07 bits per heavy atom. The number of ether oxygens (including phenoxy) is 1. The summed E-state index contributed by atoms with van der Waals surface area (Å²) >= 11 is 6.60. The molecule has 0 saturated carbocycles. The lowest BCUT2D eigenvalue weighted by Gasteiger charge is -2.11. The van der Waals surface area contributed by atoms with E-state index in [0.29, 0.717) is 12.5 Å². The van der Waals surface area contributed by atoms with Crippen molar-refractivity contribution in [2.24, 2.45) is 0 Å². The lowest BCUT2D eigenvalue weighted by molar-refractivity contribution is -0.274. The van der Waals surface area contributed by atoms with Gasteiger partial charge in [-0.25, -0.2) is 15.0 Å². The van der Waals surface area contributed by atoms with E-state index in [1.807, 2.05) is 18.3 Å². The average molecular weight is 434 g/mol. The second-order valence-corrected chi connectivity index (χ2v) is 6.83. The fourth-order valence-corrected chi connectivity index (χ4v) is 3.21. The normalized spacial score (nSPS) is 12.7. The van der Waals surface area contributed by atoms with Crippen LogP contribution in [0.2, 0.25) is 0 Å². The number of rotatable bonds is 6. The minimum atomic E-state index is -4.71. The Bertz CT molecular complexity index is 1130. The number of halogens is 4. The molecule has 0 spiro atoms. The van der Waals surface area contributed by atoms with Crippen LogP contribution in [-0.2, 0) is 6.54 Å². The molecule has 0 aliphatic carbocycles. The maximum atomic E-state index is 12.2. The number of pyridine rings is 1. The summed E-state index contributed by atoms with van der Waals surface area (Å²) in [7, 11) is 0. The number of alkyl halides is 4. The summed E-state index contributed by atoms with van der Waals surface area (Å²) in [5, 5.41) is 3.50. The molecule has 1 aromatic carbocycles. The lowest BCUT2D eigenvalue weighted by Crippen LogP contribution is -2.17. The molecule has 154 valence electrons. The van der Waals surface area contributed by atoms with Gasteiger partial charge >= 0.3 is 6.36 Å². The summed E-state index contributed by atoms with van der Waals surface area (Å²) < 4.78 is 40.5. The van der Waals surface area contributed by atoms with Gasteiger partial charge in [-0.15, -0.1) is 24.8 Å². The van der Waals surface area contributed by atoms with Crippen molar-refractivity contribution in [2.45, 2.75) is 18.3 Å². The number of nitrogens with zero attached hydrogens (tertiary/aromatic N) is 3. The third kappa shape index (κ3) is 4.62. The summed E-state index contributed by atoms with van der Waals surface area (Å²) in [5.41, 5.74) is 3.11. The number of H-pyrrole nitrogens is 1. The summed E-state index contributed by atoms with van der Waals surface area (Å²) in [4.78, 5) is 15.9. The first-order chi connectivity index (χ1) is 14.4. The van der Waals surface area contributed by atoms with Crippen LogP contribution in [-0.4, -0.2) is 26.3 Å². The monoisotopic (exact) mass is 433 g/mol. The molecule has 0 amide bonds. The molecule has 6 nitrogen and oxygen atoms in total. The van der Waals surface area contributed by atoms with Gasteiger partial charge < -0.3 is 15.0 Å². The van der Waals surface area contributed by atoms with Gasteiger partial charge in [-0.2, -0.15) is 0 Å². The fourth-order valence-electron chi connectivity index (χ4n) is 2.92. The van der Waals surface area contributed by atoms with Crippen molar-refractivity contribution >= 4 is 28.6 Å². The molecule has 30 heavy (non-hydrogen) atoms. The molecule has 10 heteroatoms. The van der Waals surface area contributed by atoms with Gasteiger partial charge in [0.15, 0.2) is 0 Å². The number of aromatic amines is 1. The van der Waals surface area contributed by atoms with Crippen LogP contribution in [0.25, 0.3) is 11.0 Å². The second kappa shape index (κ2) is 8.19. The molecular weight excluding hydrogens is 419 g/mol. The summed E-state index contributed by atoms with van der Waals surface area (Å²) in [6.45, 7) is 0.337. The van der Waals surface area contributed by atoms with Crippen LogP contribution >= 0.6 is 11.6 Å². The summed E-state index contributed by atoms with van der Waals surface area (Å²) in [6.07, 6.45) is 2.06. The van der Waals surface area contributed by atoms with Crippen LogP contribution < -0.4 is 10.1 Å². The zero-order valence-corrected chi connectivity index (χ0v) is 16.1. The molecule has 4 aromatic rings. The van der Waals surface area contributed by atoms with Crippen LogP contribution in [0, 0.1) is 0 Å². The van der Waals surface area contributed by atoms with Crippen LogP contribution in [0.1, 0.15) is 22.1 Å². The molecule has 0 fully saturated rings. The molecule has 0 aliphatic heterocycles. The van der Waals surface area contributed by atoms with Crippen molar-refractivity contribution in [3.63, 3.8) is 0 Å². The first kappa shape index (κ1) is 20.0. The number of hydrogen-bond acceptors (Lipinski definition) is 5. The highest BCUT2D eigenvalue weighted by Gasteiger charge is 2.30. The predicted molar refractivity (Wildman–Crippen MR) is 106 cm³/mol. The summed E-state index contributed by atoms with van der Waals surface area (Å²) in [6, 6.07) is 9.34. The molecule has 0 saturated heterocycles. The van der Waals surface area contributed by atoms with Crippen molar-refractivity contribution in [3.8, 4) is 5.75 Å². The van der Waals surface area contributed by atoms with Gasteiger partial charge in [-0.1, -0.05) is 12.1 Å². The third-order valence-corrected chi connectivity index (χ3v) is 4.82. The SMILES string of the molecule is FC(F)(F)Oc1ccc(CNc2ncc(C(Cl)c3c[nH]c4ncccc34)cn2)cc1. The van der Waals surface area contributed by atoms with Gasteiger partial charge in [0.25, 0.3) is 0 Å². The Morgan fingerprint density at radius 2 is 1.80 bits per heavy atom. The van der Waals surface area contributed by atoms with Crippen LogP contribution in [0.3, 0.4) is 0 Å². The van der Waals surface area contributed by atoms with E-state index in [0.717, 1.165) is 27.7 Å². The molecule has 3 aromatic heterocycles. The first-order valence-corrected chi connectivity index (χ1v) is 9.29. The molecule has 1 atom stereocenters. The maximum Gasteiger partial charge on any atom is 0.573 e. The highest BCUT2D eigenvalue weighted by atomic mass is 35.5. The standard InChI is InChI=1S/C20H15ClF3N5O/c21-17(16-11-26-18-15(16)2-1-7-25-18)13-9-28-19(29-10-13)27-8-12-3-5-14(6-4-12)30-20(22,23)24/h1-7,9-11,17H,8H2,(H,25,26)(H,27,28,29). The molecular formula is C20H15ClF3N5O. The highest BCUT2D eigenvalue weighted by Crippen LogP contribution is 2.32. The van der Waals surface area contributed by atoms with E-state index in [2.05, 4.69) is 30.0 Å². The van der Waals surface area contributed by atoms with Gasteiger partial charge in [-0.3, -0.25) is 0 Å². The van der Waals surface area contributed by atoms with Gasteiger partial charge in [0.05, 0.1) is 5.38 Å². The molecule has 4 rings (SSSR count). The number of anilines is 1. The van der Waals surface area contributed by atoms with E-state index >= 15 is 0 Å². The smallest absolute Gasteiger partial charge is 0.406 e. The van der Waals surface area contributed by atoms with E-state index in [4.69, 9.17) is 11.6 Å². The fraction of sp³-hybridized carbons (Fsp3) is 0.150. The van der Waals surface area contributed by atoms with Gasteiger partial charge in [0.1, 0.15) is 11.4 Å². The number of benzene rings is 1. The minimum Gasteiger partial charge on any atom is -0.406 e. The van der Waals surface area contributed by atoms with E-state index in [1.165, 1.54) is 24.3 Å². The van der Waals surface area contributed by atoms with Crippen molar-refractivity contribution in [3.05, 3.63) is 77.9 Å². The molecule has 0 aliphatic rings. The van der Waals surface area contributed by atoms with E-state index in [-0.39, 0.29) is 5.75 Å². The Morgan fingerprint density at radius 3 is 2.50 bits per heavy atom. The van der Waals surface area contributed by atoms with Crippen LogP contribution in [0.15, 0.2) is 61.2 Å².